The molecule has 0 atom stereocenters. The number of carbonyl (C=O) groups excluding carboxylic acids is 1. The highest BCUT2D eigenvalue weighted by Gasteiger charge is 2.47. The summed E-state index contributed by atoms with van der Waals surface area (Å²) in [6.45, 7) is 5.70. The third-order valence-corrected chi connectivity index (χ3v) is 6.74. The molecule has 0 radical (unpaired) electrons. The number of carbonyl (C=O) groups is 1. The van der Waals surface area contributed by atoms with Gasteiger partial charge in [-0.2, -0.15) is 0 Å². The van der Waals surface area contributed by atoms with Crippen molar-refractivity contribution in [2.75, 3.05) is 45.6 Å². The lowest BCUT2D eigenvalue weighted by Gasteiger charge is -2.46. The van der Waals surface area contributed by atoms with Crippen molar-refractivity contribution in [2.24, 2.45) is 5.41 Å². The zero-order chi connectivity index (χ0) is 22.5. The molecule has 2 saturated heterocycles. The van der Waals surface area contributed by atoms with Crippen molar-refractivity contribution >= 4 is 11.6 Å². The number of hydrogen-bond acceptors (Lipinski definition) is 5. The van der Waals surface area contributed by atoms with Gasteiger partial charge in [-0.3, -0.25) is 14.7 Å². The third kappa shape index (κ3) is 3.40. The summed E-state index contributed by atoms with van der Waals surface area (Å²) in [5.41, 5.74) is 4.12. The molecule has 166 valence electrons. The lowest BCUT2D eigenvalue weighted by molar-refractivity contribution is 0.0294. The summed E-state index contributed by atoms with van der Waals surface area (Å²) in [5.74, 6) is 0.469. The number of aromatic nitrogens is 3. The number of rotatable bonds is 4. The van der Waals surface area contributed by atoms with Gasteiger partial charge in [0.25, 0.3) is 11.5 Å². The molecule has 1 aromatic carbocycles. The van der Waals surface area contributed by atoms with Crippen LogP contribution in [-0.2, 0) is 0 Å². The Morgan fingerprint density at radius 2 is 1.97 bits per heavy atom. The number of hydrogen-bond donors (Lipinski definition) is 2. The number of aromatic amines is 1. The van der Waals surface area contributed by atoms with Crippen molar-refractivity contribution in [3.05, 3.63) is 64.2 Å². The molecule has 0 unspecified atom stereocenters. The summed E-state index contributed by atoms with van der Waals surface area (Å²) < 4.78 is 1.41. The molecule has 3 aromatic rings. The Morgan fingerprint density at radius 3 is 2.62 bits per heavy atom. The first kappa shape index (κ1) is 20.5. The molecule has 0 saturated carbocycles. The van der Waals surface area contributed by atoms with Gasteiger partial charge in [-0.25, -0.2) is 9.67 Å². The van der Waals surface area contributed by atoms with Crippen molar-refractivity contribution < 1.29 is 4.79 Å². The molecule has 2 fully saturated rings. The molecule has 1 amide bonds. The van der Waals surface area contributed by atoms with E-state index in [2.05, 4.69) is 27.3 Å². The highest BCUT2D eigenvalue weighted by atomic mass is 16.2. The molecule has 5 rings (SSSR count). The molecule has 1 spiro atoms. The summed E-state index contributed by atoms with van der Waals surface area (Å²) in [6.07, 6.45) is 4.32. The van der Waals surface area contributed by atoms with Gasteiger partial charge >= 0.3 is 0 Å². The van der Waals surface area contributed by atoms with Crippen LogP contribution >= 0.6 is 0 Å². The van der Waals surface area contributed by atoms with E-state index in [-0.39, 0.29) is 16.9 Å². The molecule has 2 N–H and O–H groups in total. The molecule has 2 aromatic heterocycles. The van der Waals surface area contributed by atoms with E-state index in [1.54, 1.807) is 24.5 Å². The SMILES string of the molecule is CNc1ccc(-c2c[nH]n(-c3ccc(C(=O)N4CCC5(CN(C)C5)C4)cn3)c2=O)c(C)c1. The van der Waals surface area contributed by atoms with Crippen LogP contribution in [-0.4, -0.2) is 70.7 Å². The Bertz CT molecular complexity index is 1220. The van der Waals surface area contributed by atoms with Crippen LogP contribution < -0.4 is 10.9 Å². The Kier molecular flexibility index (Phi) is 4.89. The first-order valence-corrected chi connectivity index (χ1v) is 10.9. The maximum atomic E-state index is 13.0. The van der Waals surface area contributed by atoms with E-state index in [0.29, 0.717) is 16.9 Å². The Balaban J connectivity index is 1.35. The summed E-state index contributed by atoms with van der Waals surface area (Å²) in [7, 11) is 3.98. The minimum Gasteiger partial charge on any atom is -0.388 e. The van der Waals surface area contributed by atoms with Crippen molar-refractivity contribution in [3.63, 3.8) is 0 Å². The molecule has 0 bridgehead atoms. The van der Waals surface area contributed by atoms with Crippen LogP contribution in [0.1, 0.15) is 22.3 Å². The van der Waals surface area contributed by atoms with Gasteiger partial charge in [-0.15, -0.1) is 0 Å². The Labute approximate surface area is 186 Å². The molecule has 0 aliphatic carbocycles. The van der Waals surface area contributed by atoms with Crippen molar-refractivity contribution in [2.45, 2.75) is 13.3 Å². The predicted molar refractivity (Wildman–Crippen MR) is 124 cm³/mol. The number of aryl methyl sites for hydroxylation is 1. The van der Waals surface area contributed by atoms with Crippen LogP contribution in [0.5, 0.6) is 0 Å². The fourth-order valence-corrected chi connectivity index (χ4v) is 5.15. The maximum Gasteiger partial charge on any atom is 0.280 e. The number of nitrogens with zero attached hydrogens (tertiary/aromatic N) is 4. The molecular weight excluding hydrogens is 404 g/mol. The summed E-state index contributed by atoms with van der Waals surface area (Å²) >= 11 is 0. The minimum absolute atomic E-state index is 0.00949. The van der Waals surface area contributed by atoms with E-state index in [0.717, 1.165) is 49.4 Å². The van der Waals surface area contributed by atoms with Crippen molar-refractivity contribution in [1.82, 2.24) is 24.6 Å². The smallest absolute Gasteiger partial charge is 0.280 e. The largest absolute Gasteiger partial charge is 0.388 e. The molecule has 2 aliphatic heterocycles. The molecular formula is C24H28N6O2. The molecule has 4 heterocycles. The minimum atomic E-state index is -0.174. The second kappa shape index (κ2) is 7.63. The monoisotopic (exact) mass is 432 g/mol. The lowest BCUT2D eigenvalue weighted by Crippen LogP contribution is -2.55. The maximum absolute atomic E-state index is 13.0. The topological polar surface area (TPSA) is 86.3 Å². The second-order valence-corrected chi connectivity index (χ2v) is 9.16. The van der Waals surface area contributed by atoms with Crippen molar-refractivity contribution in [1.29, 1.82) is 0 Å². The van der Waals surface area contributed by atoms with Crippen LogP contribution in [0.2, 0.25) is 0 Å². The average molecular weight is 433 g/mol. The van der Waals surface area contributed by atoms with Crippen LogP contribution in [0.15, 0.2) is 47.5 Å². The number of pyridine rings is 1. The number of likely N-dealkylation sites (tertiary alicyclic amines) is 2. The summed E-state index contributed by atoms with van der Waals surface area (Å²) in [5, 5.41) is 6.11. The van der Waals surface area contributed by atoms with Gasteiger partial charge in [-0.05, 0) is 55.8 Å². The zero-order valence-corrected chi connectivity index (χ0v) is 18.7. The van der Waals surface area contributed by atoms with Crippen molar-refractivity contribution in [3.8, 4) is 16.9 Å². The van der Waals surface area contributed by atoms with E-state index in [9.17, 15) is 9.59 Å². The summed E-state index contributed by atoms with van der Waals surface area (Å²) in [4.78, 5) is 34.6. The van der Waals surface area contributed by atoms with E-state index >= 15 is 0 Å². The van der Waals surface area contributed by atoms with Crippen LogP contribution in [0, 0.1) is 12.3 Å². The van der Waals surface area contributed by atoms with E-state index in [4.69, 9.17) is 0 Å². The molecule has 8 nitrogen and oxygen atoms in total. The van der Waals surface area contributed by atoms with Gasteiger partial charge in [0.05, 0.1) is 11.1 Å². The van der Waals surface area contributed by atoms with Gasteiger partial charge in [0.1, 0.15) is 0 Å². The standard InChI is InChI=1S/C24H28N6O2/c1-16-10-18(25-2)5-6-19(16)20-12-27-30(23(20)32)21-7-4-17(11-26-21)22(31)29-9-8-24(15-29)13-28(3)14-24/h4-7,10-12,25,27H,8-9,13-15H2,1-3H3. The van der Waals surface area contributed by atoms with Gasteiger partial charge in [0.2, 0.25) is 0 Å². The number of benzene rings is 1. The highest BCUT2D eigenvalue weighted by molar-refractivity contribution is 5.94. The first-order valence-electron chi connectivity index (χ1n) is 10.9. The normalized spacial score (nSPS) is 17.5. The fraction of sp³-hybridized carbons (Fsp3) is 0.375. The van der Waals surface area contributed by atoms with Crippen LogP contribution in [0.4, 0.5) is 5.69 Å². The number of H-pyrrole nitrogens is 1. The summed E-state index contributed by atoms with van der Waals surface area (Å²) in [6, 6.07) is 9.36. The lowest BCUT2D eigenvalue weighted by atomic mass is 9.79. The Morgan fingerprint density at radius 1 is 1.16 bits per heavy atom. The van der Waals surface area contributed by atoms with E-state index < -0.39 is 0 Å². The fourth-order valence-electron chi connectivity index (χ4n) is 5.15. The van der Waals surface area contributed by atoms with Crippen LogP contribution in [0.3, 0.4) is 0 Å². The molecule has 32 heavy (non-hydrogen) atoms. The molecule has 8 heteroatoms. The van der Waals surface area contributed by atoms with Gasteiger partial charge < -0.3 is 15.1 Å². The Hall–Kier alpha value is -3.39. The predicted octanol–water partition coefficient (Wildman–Crippen LogP) is 2.36. The number of amides is 1. The quantitative estimate of drug-likeness (QED) is 0.661. The van der Waals surface area contributed by atoms with E-state index in [1.807, 2.05) is 37.1 Å². The van der Waals surface area contributed by atoms with E-state index in [1.165, 1.54) is 4.68 Å². The van der Waals surface area contributed by atoms with Gasteiger partial charge in [0.15, 0.2) is 5.82 Å². The zero-order valence-electron chi connectivity index (χ0n) is 18.7. The molecule has 2 aliphatic rings. The second-order valence-electron chi connectivity index (χ2n) is 9.16. The first-order chi connectivity index (χ1) is 15.4. The number of anilines is 1. The average Bonchev–Trinajstić information content (AvgIpc) is 3.38. The third-order valence-electron chi connectivity index (χ3n) is 6.74. The van der Waals surface area contributed by atoms with Gasteiger partial charge in [0, 0.05) is 56.7 Å². The number of nitrogens with one attached hydrogen (secondary N) is 2. The highest BCUT2D eigenvalue weighted by Crippen LogP contribution is 2.39. The van der Waals surface area contributed by atoms with Crippen LogP contribution in [0.25, 0.3) is 16.9 Å². The van der Waals surface area contributed by atoms with Gasteiger partial charge in [-0.1, -0.05) is 6.07 Å².